The summed E-state index contributed by atoms with van der Waals surface area (Å²) in [6, 6.07) is 3.32. The molecule has 5 nitrogen and oxygen atoms in total. The van der Waals surface area contributed by atoms with Gasteiger partial charge in [-0.15, -0.1) is 17.0 Å². The minimum atomic E-state index is 0. The molecule has 19 heavy (non-hydrogen) atoms. The minimum absolute atomic E-state index is 0. The Morgan fingerprint density at radius 1 is 1.26 bits per heavy atom. The standard InChI is InChI=1S/C13H17N5.BrH/c1-2-11-10(14-5-1)4-7-18(11)13-9-3-6-15-12(9)16-8-17-13;/h3,6,8,10-11,14H,1-2,4-5,7H2,(H,15,16,17);1H. The van der Waals surface area contributed by atoms with Crippen LogP contribution in [0.2, 0.25) is 0 Å². The lowest BCUT2D eigenvalue weighted by Gasteiger charge is -2.33. The molecule has 2 aliphatic heterocycles. The Morgan fingerprint density at radius 2 is 2.21 bits per heavy atom. The van der Waals surface area contributed by atoms with Gasteiger partial charge in [0.2, 0.25) is 0 Å². The van der Waals surface area contributed by atoms with E-state index in [1.165, 1.54) is 25.8 Å². The van der Waals surface area contributed by atoms with E-state index in [1.54, 1.807) is 6.33 Å². The first kappa shape index (κ1) is 12.9. The number of nitrogens with zero attached hydrogens (tertiary/aromatic N) is 3. The number of piperidine rings is 1. The van der Waals surface area contributed by atoms with Crippen molar-refractivity contribution in [3.63, 3.8) is 0 Å². The first-order valence-electron chi connectivity index (χ1n) is 6.71. The molecular formula is C13H18BrN5. The van der Waals surface area contributed by atoms with Crippen LogP contribution in [-0.2, 0) is 0 Å². The van der Waals surface area contributed by atoms with E-state index < -0.39 is 0 Å². The highest BCUT2D eigenvalue weighted by Gasteiger charge is 2.36. The van der Waals surface area contributed by atoms with Crippen molar-refractivity contribution in [2.24, 2.45) is 0 Å². The third-order valence-electron chi connectivity index (χ3n) is 4.23. The molecular weight excluding hydrogens is 306 g/mol. The molecule has 2 aromatic heterocycles. The monoisotopic (exact) mass is 323 g/mol. The molecule has 2 atom stereocenters. The summed E-state index contributed by atoms with van der Waals surface area (Å²) in [6.45, 7) is 2.26. The summed E-state index contributed by atoms with van der Waals surface area (Å²) >= 11 is 0. The molecule has 102 valence electrons. The highest BCUT2D eigenvalue weighted by Crippen LogP contribution is 2.32. The van der Waals surface area contributed by atoms with Gasteiger partial charge >= 0.3 is 0 Å². The Kier molecular flexibility index (Phi) is 3.45. The van der Waals surface area contributed by atoms with Crippen LogP contribution in [0.5, 0.6) is 0 Å². The van der Waals surface area contributed by atoms with E-state index in [-0.39, 0.29) is 17.0 Å². The summed E-state index contributed by atoms with van der Waals surface area (Å²) in [5.74, 6) is 1.09. The highest BCUT2D eigenvalue weighted by atomic mass is 79.9. The lowest BCUT2D eigenvalue weighted by atomic mass is 9.99. The molecule has 0 aromatic carbocycles. The van der Waals surface area contributed by atoms with Crippen LogP contribution >= 0.6 is 17.0 Å². The Hall–Kier alpha value is -1.14. The molecule has 0 bridgehead atoms. The van der Waals surface area contributed by atoms with Crippen molar-refractivity contribution in [3.05, 3.63) is 18.6 Å². The second kappa shape index (κ2) is 5.09. The predicted molar refractivity (Wildman–Crippen MR) is 81.0 cm³/mol. The third-order valence-corrected chi connectivity index (χ3v) is 4.23. The zero-order valence-electron chi connectivity index (χ0n) is 10.7. The van der Waals surface area contributed by atoms with Gasteiger partial charge in [0.25, 0.3) is 0 Å². The van der Waals surface area contributed by atoms with Crippen molar-refractivity contribution >= 4 is 33.8 Å². The number of hydrogen-bond acceptors (Lipinski definition) is 4. The molecule has 2 unspecified atom stereocenters. The number of anilines is 1. The number of aromatic nitrogens is 3. The number of aromatic amines is 1. The van der Waals surface area contributed by atoms with E-state index in [1.807, 2.05) is 6.20 Å². The van der Waals surface area contributed by atoms with Crippen molar-refractivity contribution < 1.29 is 0 Å². The van der Waals surface area contributed by atoms with Crippen LogP contribution in [0.25, 0.3) is 11.0 Å². The summed E-state index contributed by atoms with van der Waals surface area (Å²) in [4.78, 5) is 14.4. The highest BCUT2D eigenvalue weighted by molar-refractivity contribution is 8.93. The number of nitrogens with one attached hydrogen (secondary N) is 2. The molecule has 0 aliphatic carbocycles. The van der Waals surface area contributed by atoms with E-state index in [4.69, 9.17) is 0 Å². The summed E-state index contributed by atoms with van der Waals surface area (Å²) in [5.41, 5.74) is 0.937. The zero-order valence-corrected chi connectivity index (χ0v) is 12.4. The molecule has 2 aliphatic rings. The van der Waals surface area contributed by atoms with Gasteiger partial charge in [0.05, 0.1) is 5.39 Å². The first-order chi connectivity index (χ1) is 8.93. The van der Waals surface area contributed by atoms with Gasteiger partial charge in [-0.3, -0.25) is 0 Å². The van der Waals surface area contributed by atoms with Crippen molar-refractivity contribution in [1.82, 2.24) is 20.3 Å². The summed E-state index contributed by atoms with van der Waals surface area (Å²) in [7, 11) is 0. The predicted octanol–water partition coefficient (Wildman–Crippen LogP) is 1.87. The van der Waals surface area contributed by atoms with Gasteiger partial charge in [0, 0.05) is 24.8 Å². The molecule has 2 N–H and O–H groups in total. The minimum Gasteiger partial charge on any atom is -0.351 e. The molecule has 2 fully saturated rings. The molecule has 0 amide bonds. The summed E-state index contributed by atoms with van der Waals surface area (Å²) < 4.78 is 0. The van der Waals surface area contributed by atoms with Gasteiger partial charge in [-0.1, -0.05) is 0 Å². The Balaban J connectivity index is 0.00000110. The molecule has 2 aromatic rings. The number of fused-ring (bicyclic) bond motifs is 2. The van der Waals surface area contributed by atoms with Gasteiger partial charge in [-0.2, -0.15) is 0 Å². The van der Waals surface area contributed by atoms with Gasteiger partial charge < -0.3 is 15.2 Å². The van der Waals surface area contributed by atoms with Crippen molar-refractivity contribution in [1.29, 1.82) is 0 Å². The number of H-pyrrole nitrogens is 1. The lowest BCUT2D eigenvalue weighted by Crippen LogP contribution is -2.47. The van der Waals surface area contributed by atoms with Crippen LogP contribution in [-0.4, -0.2) is 40.1 Å². The van der Waals surface area contributed by atoms with Crippen LogP contribution in [0.4, 0.5) is 5.82 Å². The van der Waals surface area contributed by atoms with Crippen molar-refractivity contribution in [3.8, 4) is 0 Å². The van der Waals surface area contributed by atoms with E-state index in [0.717, 1.165) is 23.4 Å². The van der Waals surface area contributed by atoms with Crippen LogP contribution < -0.4 is 10.2 Å². The lowest BCUT2D eigenvalue weighted by molar-refractivity contribution is 0.382. The van der Waals surface area contributed by atoms with Crippen LogP contribution in [0.3, 0.4) is 0 Å². The Bertz CT molecular complexity index is 569. The van der Waals surface area contributed by atoms with Gasteiger partial charge in [0.15, 0.2) is 0 Å². The quantitative estimate of drug-likeness (QED) is 0.841. The van der Waals surface area contributed by atoms with Crippen molar-refractivity contribution in [2.75, 3.05) is 18.0 Å². The molecule has 4 rings (SSSR count). The normalized spacial score (nSPS) is 26.2. The molecule has 4 heterocycles. The van der Waals surface area contributed by atoms with Crippen LogP contribution in [0.15, 0.2) is 18.6 Å². The van der Waals surface area contributed by atoms with Crippen LogP contribution in [0, 0.1) is 0 Å². The van der Waals surface area contributed by atoms with Gasteiger partial charge in [-0.25, -0.2) is 9.97 Å². The number of rotatable bonds is 1. The molecule has 2 saturated heterocycles. The number of hydrogen-bond donors (Lipinski definition) is 2. The SMILES string of the molecule is Br.c1nc(N2CCC3NCCCC32)c2cc[nH]c2n1. The maximum atomic E-state index is 4.52. The van der Waals surface area contributed by atoms with Crippen molar-refractivity contribution in [2.45, 2.75) is 31.3 Å². The fourth-order valence-corrected chi connectivity index (χ4v) is 3.40. The molecule has 0 spiro atoms. The smallest absolute Gasteiger partial charge is 0.142 e. The van der Waals surface area contributed by atoms with E-state index >= 15 is 0 Å². The average Bonchev–Trinajstić information content (AvgIpc) is 3.05. The fourth-order valence-electron chi connectivity index (χ4n) is 3.40. The zero-order chi connectivity index (χ0) is 11.9. The fraction of sp³-hybridized carbons (Fsp3) is 0.538. The van der Waals surface area contributed by atoms with Gasteiger partial charge in [0.1, 0.15) is 17.8 Å². The van der Waals surface area contributed by atoms with E-state index in [0.29, 0.717) is 12.1 Å². The van der Waals surface area contributed by atoms with Crippen LogP contribution in [0.1, 0.15) is 19.3 Å². The number of halogens is 1. The molecule has 0 saturated carbocycles. The average molecular weight is 324 g/mol. The first-order valence-corrected chi connectivity index (χ1v) is 6.71. The van der Waals surface area contributed by atoms with E-state index in [9.17, 15) is 0 Å². The van der Waals surface area contributed by atoms with E-state index in [2.05, 4.69) is 31.2 Å². The Labute approximate surface area is 122 Å². The second-order valence-electron chi connectivity index (χ2n) is 5.19. The summed E-state index contributed by atoms with van der Waals surface area (Å²) in [6.07, 6.45) is 7.36. The van der Waals surface area contributed by atoms with Gasteiger partial charge in [-0.05, 0) is 31.9 Å². The Morgan fingerprint density at radius 3 is 3.16 bits per heavy atom. The topological polar surface area (TPSA) is 56.8 Å². The molecule has 6 heteroatoms. The largest absolute Gasteiger partial charge is 0.351 e. The maximum Gasteiger partial charge on any atom is 0.142 e. The maximum absolute atomic E-state index is 4.52. The second-order valence-corrected chi connectivity index (χ2v) is 5.19. The third kappa shape index (κ3) is 2.03. The summed E-state index contributed by atoms with van der Waals surface area (Å²) in [5, 5.41) is 4.77. The molecule has 0 radical (unpaired) electrons.